The average Bonchev–Trinajstić information content (AvgIpc) is 3.17. The predicted octanol–water partition coefficient (Wildman–Crippen LogP) is 2.99. The van der Waals surface area contributed by atoms with E-state index in [0.29, 0.717) is 13.0 Å². The Labute approximate surface area is 203 Å². The molecule has 184 valence electrons. The average molecular weight is 479 g/mol. The summed E-state index contributed by atoms with van der Waals surface area (Å²) < 4.78 is 5.62. The first-order chi connectivity index (χ1) is 16.9. The highest BCUT2D eigenvalue weighted by molar-refractivity contribution is 5.86. The number of nitrogens with zero attached hydrogens (tertiary/aromatic N) is 1. The summed E-state index contributed by atoms with van der Waals surface area (Å²) in [5.74, 6) is -1.81. The zero-order chi connectivity index (χ0) is 24.6. The van der Waals surface area contributed by atoms with Gasteiger partial charge in [-0.15, -0.1) is 0 Å². The van der Waals surface area contributed by atoms with Crippen molar-refractivity contribution in [2.45, 2.75) is 37.2 Å². The van der Waals surface area contributed by atoms with Gasteiger partial charge in [-0.2, -0.15) is 0 Å². The van der Waals surface area contributed by atoms with E-state index in [4.69, 9.17) is 9.84 Å². The number of hydrogen-bond donors (Lipinski definition) is 3. The summed E-state index contributed by atoms with van der Waals surface area (Å²) >= 11 is 0. The van der Waals surface area contributed by atoms with Crippen molar-refractivity contribution in [2.75, 3.05) is 26.2 Å². The number of amides is 2. The molecule has 35 heavy (non-hydrogen) atoms. The molecule has 2 aromatic rings. The van der Waals surface area contributed by atoms with Gasteiger partial charge in [-0.1, -0.05) is 61.4 Å². The SMILES string of the molecule is O=C(NC[C@@H]1CCCC[C@@H]1C(=O)N1CC(O)(C(=O)O)C1)OCC1c2ccccc2-c2ccccc21. The number of aliphatic hydroxyl groups is 1. The molecule has 2 aliphatic carbocycles. The van der Waals surface area contributed by atoms with E-state index in [1.165, 1.54) is 16.0 Å². The first kappa shape index (κ1) is 23.4. The van der Waals surface area contributed by atoms with Crippen molar-refractivity contribution in [3.8, 4) is 11.1 Å². The number of carbonyl (C=O) groups excluding carboxylic acids is 2. The maximum atomic E-state index is 13.0. The molecular formula is C27H30N2O6. The summed E-state index contributed by atoms with van der Waals surface area (Å²) in [5.41, 5.74) is 2.79. The van der Waals surface area contributed by atoms with Gasteiger partial charge in [-0.05, 0) is 41.0 Å². The van der Waals surface area contributed by atoms with Gasteiger partial charge >= 0.3 is 12.1 Å². The minimum absolute atomic E-state index is 0.0171. The van der Waals surface area contributed by atoms with Crippen LogP contribution in [-0.2, 0) is 14.3 Å². The van der Waals surface area contributed by atoms with E-state index in [9.17, 15) is 19.5 Å². The molecule has 1 heterocycles. The first-order valence-electron chi connectivity index (χ1n) is 12.2. The molecule has 2 amide bonds. The van der Waals surface area contributed by atoms with Crippen LogP contribution in [0.1, 0.15) is 42.7 Å². The highest BCUT2D eigenvalue weighted by Crippen LogP contribution is 2.44. The molecule has 1 saturated carbocycles. The molecule has 0 unspecified atom stereocenters. The number of ether oxygens (including phenoxy) is 1. The molecular weight excluding hydrogens is 448 g/mol. The molecule has 2 aromatic carbocycles. The fourth-order valence-corrected chi connectivity index (χ4v) is 5.75. The van der Waals surface area contributed by atoms with E-state index >= 15 is 0 Å². The zero-order valence-electron chi connectivity index (χ0n) is 19.5. The number of carboxylic acid groups (broad SMARTS) is 1. The molecule has 0 bridgehead atoms. The Kier molecular flexibility index (Phi) is 6.23. The van der Waals surface area contributed by atoms with E-state index in [1.54, 1.807) is 0 Å². The van der Waals surface area contributed by atoms with Crippen molar-refractivity contribution in [3.05, 3.63) is 59.7 Å². The van der Waals surface area contributed by atoms with E-state index in [1.807, 2.05) is 24.3 Å². The third-order valence-electron chi connectivity index (χ3n) is 7.69. The van der Waals surface area contributed by atoms with Crippen LogP contribution in [0.3, 0.4) is 0 Å². The second-order valence-corrected chi connectivity index (χ2v) is 9.89. The van der Waals surface area contributed by atoms with Gasteiger partial charge in [0, 0.05) is 18.4 Å². The van der Waals surface area contributed by atoms with Gasteiger partial charge in [0.2, 0.25) is 5.91 Å². The largest absolute Gasteiger partial charge is 0.479 e. The van der Waals surface area contributed by atoms with Crippen molar-refractivity contribution in [1.29, 1.82) is 0 Å². The number of benzene rings is 2. The van der Waals surface area contributed by atoms with Crippen molar-refractivity contribution in [2.24, 2.45) is 11.8 Å². The predicted molar refractivity (Wildman–Crippen MR) is 128 cm³/mol. The van der Waals surface area contributed by atoms with Crippen LogP contribution in [0.5, 0.6) is 0 Å². The lowest BCUT2D eigenvalue weighted by Gasteiger charge is -2.46. The molecule has 1 aliphatic heterocycles. The number of aliphatic carboxylic acids is 1. The number of rotatable bonds is 6. The molecule has 2 fully saturated rings. The topological polar surface area (TPSA) is 116 Å². The van der Waals surface area contributed by atoms with Crippen LogP contribution in [0.15, 0.2) is 48.5 Å². The van der Waals surface area contributed by atoms with Crippen molar-refractivity contribution < 1.29 is 29.3 Å². The third kappa shape index (κ3) is 4.38. The van der Waals surface area contributed by atoms with Gasteiger partial charge in [0.05, 0.1) is 13.1 Å². The Morgan fingerprint density at radius 3 is 2.20 bits per heavy atom. The maximum absolute atomic E-state index is 13.0. The molecule has 0 radical (unpaired) electrons. The summed E-state index contributed by atoms with van der Waals surface area (Å²) in [5, 5.41) is 21.9. The van der Waals surface area contributed by atoms with Gasteiger partial charge < -0.3 is 25.2 Å². The Morgan fingerprint density at radius 1 is 0.971 bits per heavy atom. The molecule has 1 saturated heterocycles. The monoisotopic (exact) mass is 478 g/mol. The van der Waals surface area contributed by atoms with E-state index < -0.39 is 17.7 Å². The number of fused-ring (bicyclic) bond motifs is 3. The van der Waals surface area contributed by atoms with Crippen LogP contribution >= 0.6 is 0 Å². The van der Waals surface area contributed by atoms with E-state index in [0.717, 1.165) is 30.4 Å². The van der Waals surface area contributed by atoms with Crippen LogP contribution in [-0.4, -0.2) is 64.9 Å². The number of carboxylic acids is 1. The normalized spacial score (nSPS) is 22.5. The lowest BCUT2D eigenvalue weighted by molar-refractivity contribution is -0.184. The van der Waals surface area contributed by atoms with Gasteiger partial charge in [-0.3, -0.25) is 4.79 Å². The second kappa shape index (κ2) is 9.34. The summed E-state index contributed by atoms with van der Waals surface area (Å²) in [4.78, 5) is 38.1. The Balaban J connectivity index is 1.16. The Bertz CT molecular complexity index is 1100. The van der Waals surface area contributed by atoms with Crippen molar-refractivity contribution >= 4 is 18.0 Å². The Morgan fingerprint density at radius 2 is 1.57 bits per heavy atom. The third-order valence-corrected chi connectivity index (χ3v) is 7.69. The molecule has 3 N–H and O–H groups in total. The summed E-state index contributed by atoms with van der Waals surface area (Å²) in [6, 6.07) is 16.3. The zero-order valence-corrected chi connectivity index (χ0v) is 19.5. The second-order valence-electron chi connectivity index (χ2n) is 9.89. The highest BCUT2D eigenvalue weighted by Gasteiger charge is 2.51. The highest BCUT2D eigenvalue weighted by atomic mass is 16.5. The van der Waals surface area contributed by atoms with Gasteiger partial charge in [-0.25, -0.2) is 9.59 Å². The first-order valence-corrected chi connectivity index (χ1v) is 12.2. The molecule has 8 nitrogen and oxygen atoms in total. The van der Waals surface area contributed by atoms with Crippen LogP contribution in [0.25, 0.3) is 11.1 Å². The van der Waals surface area contributed by atoms with Crippen molar-refractivity contribution in [1.82, 2.24) is 10.2 Å². The van der Waals surface area contributed by atoms with E-state index in [-0.39, 0.29) is 43.4 Å². The number of nitrogens with one attached hydrogen (secondary N) is 1. The molecule has 8 heteroatoms. The molecule has 2 atom stereocenters. The van der Waals surface area contributed by atoms with Crippen LogP contribution < -0.4 is 5.32 Å². The van der Waals surface area contributed by atoms with Crippen molar-refractivity contribution in [3.63, 3.8) is 0 Å². The summed E-state index contributed by atoms with van der Waals surface area (Å²) in [6.45, 7) is 0.174. The lowest BCUT2D eigenvalue weighted by Crippen LogP contribution is -2.68. The van der Waals surface area contributed by atoms with Crippen LogP contribution in [0, 0.1) is 11.8 Å². The van der Waals surface area contributed by atoms with Crippen LogP contribution in [0.4, 0.5) is 4.79 Å². The minimum Gasteiger partial charge on any atom is -0.479 e. The smallest absolute Gasteiger partial charge is 0.407 e. The summed E-state index contributed by atoms with van der Waals surface area (Å²) in [6.07, 6.45) is 2.87. The van der Waals surface area contributed by atoms with Gasteiger partial charge in [0.1, 0.15) is 6.61 Å². The standard InChI is InChI=1S/C27H30N2O6/c30-24(29-15-27(34,16-29)25(31)32)18-8-2-1-7-17(18)13-28-26(33)35-14-23-21-11-5-3-9-19(21)20-10-4-6-12-22(20)23/h3-6,9-12,17-18,23,34H,1-2,7-8,13-16H2,(H,28,33)(H,31,32)/t17-,18-/m0/s1. The minimum atomic E-state index is -1.85. The fraction of sp³-hybridized carbons (Fsp3) is 0.444. The quantitative estimate of drug-likeness (QED) is 0.588. The molecule has 0 aromatic heterocycles. The maximum Gasteiger partial charge on any atom is 0.407 e. The number of hydrogen-bond acceptors (Lipinski definition) is 5. The van der Waals surface area contributed by atoms with Gasteiger partial charge in [0.15, 0.2) is 5.60 Å². The number of β-amino-alcohol motifs (C(OH)–C–C–N with tert-alkyl or cyclic N) is 1. The number of alkyl carbamates (subject to hydrolysis) is 1. The number of carbonyl (C=O) groups is 3. The van der Waals surface area contributed by atoms with E-state index in [2.05, 4.69) is 29.6 Å². The summed E-state index contributed by atoms with van der Waals surface area (Å²) in [7, 11) is 0. The molecule has 5 rings (SSSR count). The van der Waals surface area contributed by atoms with Gasteiger partial charge in [0.25, 0.3) is 0 Å². The fourth-order valence-electron chi connectivity index (χ4n) is 5.75. The molecule has 3 aliphatic rings. The Hall–Kier alpha value is -3.39. The lowest BCUT2D eigenvalue weighted by atomic mass is 9.77. The number of likely N-dealkylation sites (tertiary alicyclic amines) is 1. The molecule has 0 spiro atoms. The van der Waals surface area contributed by atoms with Crippen LogP contribution in [0.2, 0.25) is 0 Å².